The van der Waals surface area contributed by atoms with Crippen molar-refractivity contribution in [1.82, 2.24) is 0 Å². The van der Waals surface area contributed by atoms with Crippen LogP contribution in [0.4, 0.5) is 0 Å². The number of aliphatic hydroxyl groups excluding tert-OH is 1. The highest BCUT2D eigenvalue weighted by Gasteiger charge is 2.37. The second kappa shape index (κ2) is 7.69. The number of hydrogen-bond donors (Lipinski definition) is 1. The maximum absolute atomic E-state index is 8.99. The number of fused-ring (bicyclic) bond motifs is 3. The van der Waals surface area contributed by atoms with Crippen molar-refractivity contribution in [3.05, 3.63) is 114 Å². The van der Waals surface area contributed by atoms with Gasteiger partial charge in [0.1, 0.15) is 18.1 Å². The van der Waals surface area contributed by atoms with Crippen LogP contribution in [-0.2, 0) is 5.60 Å². The van der Waals surface area contributed by atoms with Crippen LogP contribution in [0.3, 0.4) is 0 Å². The highest BCUT2D eigenvalue weighted by molar-refractivity contribution is 5.94. The molecule has 1 N–H and O–H groups in total. The summed E-state index contributed by atoms with van der Waals surface area (Å²) in [5.74, 6) is 1.60. The lowest BCUT2D eigenvalue weighted by atomic mass is 9.83. The minimum Gasteiger partial charge on any atom is -0.491 e. The fraction of sp³-hybridized carbons (Fsp3) is 0.111. The smallest absolute Gasteiger partial charge is 0.178 e. The molecule has 0 radical (unpaired) electrons. The summed E-state index contributed by atoms with van der Waals surface area (Å²) in [6, 6.07) is 30.7. The predicted octanol–water partition coefficient (Wildman–Crippen LogP) is 5.56. The van der Waals surface area contributed by atoms with Gasteiger partial charge in [-0.2, -0.15) is 0 Å². The molecule has 0 saturated heterocycles. The van der Waals surface area contributed by atoms with Crippen LogP contribution in [0.1, 0.15) is 16.7 Å². The fourth-order valence-electron chi connectivity index (χ4n) is 4.08. The van der Waals surface area contributed by atoms with E-state index in [0.717, 1.165) is 39.0 Å². The molecular weight excluding hydrogens is 372 g/mol. The minimum absolute atomic E-state index is 0.000142. The van der Waals surface area contributed by atoms with E-state index in [2.05, 4.69) is 42.5 Å². The van der Waals surface area contributed by atoms with Crippen LogP contribution in [0.15, 0.2) is 97.1 Å². The Labute approximate surface area is 175 Å². The second-order valence-electron chi connectivity index (χ2n) is 7.34. The van der Waals surface area contributed by atoms with Gasteiger partial charge in [0.2, 0.25) is 0 Å². The Balaban J connectivity index is 1.62. The lowest BCUT2D eigenvalue weighted by molar-refractivity contribution is 0.161. The largest absolute Gasteiger partial charge is 0.491 e. The van der Waals surface area contributed by atoms with Crippen LogP contribution in [0, 0.1) is 0 Å². The summed E-state index contributed by atoms with van der Waals surface area (Å²) in [6.07, 6.45) is 4.31. The molecule has 0 bridgehead atoms. The Bertz CT molecular complexity index is 1160. The van der Waals surface area contributed by atoms with Crippen molar-refractivity contribution in [3.63, 3.8) is 0 Å². The Kier molecular flexibility index (Phi) is 4.74. The zero-order valence-corrected chi connectivity index (χ0v) is 16.5. The summed E-state index contributed by atoms with van der Waals surface area (Å²) in [7, 11) is 0. The molecule has 1 aliphatic rings. The van der Waals surface area contributed by atoms with Gasteiger partial charge in [0.05, 0.1) is 6.61 Å². The molecule has 3 heteroatoms. The number of benzene rings is 4. The van der Waals surface area contributed by atoms with Gasteiger partial charge in [-0.25, -0.2) is 0 Å². The van der Waals surface area contributed by atoms with Gasteiger partial charge in [-0.1, -0.05) is 66.7 Å². The van der Waals surface area contributed by atoms with Gasteiger partial charge in [0, 0.05) is 16.7 Å². The molecule has 30 heavy (non-hydrogen) atoms. The number of ether oxygens (including phenoxy) is 2. The van der Waals surface area contributed by atoms with Crippen LogP contribution in [0.2, 0.25) is 0 Å². The van der Waals surface area contributed by atoms with Gasteiger partial charge >= 0.3 is 0 Å². The van der Waals surface area contributed by atoms with Crippen LogP contribution in [0.5, 0.6) is 11.5 Å². The van der Waals surface area contributed by atoms with Crippen molar-refractivity contribution in [3.8, 4) is 11.5 Å². The van der Waals surface area contributed by atoms with Crippen LogP contribution < -0.4 is 9.47 Å². The third-order valence-corrected chi connectivity index (χ3v) is 5.51. The van der Waals surface area contributed by atoms with Crippen molar-refractivity contribution in [2.45, 2.75) is 5.60 Å². The highest BCUT2D eigenvalue weighted by Crippen LogP contribution is 2.44. The number of hydrogen-bond acceptors (Lipinski definition) is 3. The van der Waals surface area contributed by atoms with Gasteiger partial charge in [-0.3, -0.25) is 0 Å². The van der Waals surface area contributed by atoms with Gasteiger partial charge in [0.15, 0.2) is 5.60 Å². The lowest BCUT2D eigenvalue weighted by Crippen LogP contribution is -2.34. The first-order valence-corrected chi connectivity index (χ1v) is 10.1. The highest BCUT2D eigenvalue weighted by atomic mass is 16.5. The van der Waals surface area contributed by atoms with Gasteiger partial charge in [-0.15, -0.1) is 0 Å². The first kappa shape index (κ1) is 18.5. The Morgan fingerprint density at radius 2 is 1.50 bits per heavy atom. The predicted molar refractivity (Wildman–Crippen MR) is 120 cm³/mol. The topological polar surface area (TPSA) is 38.7 Å². The standard InChI is InChI=1S/C27H22O3/c28-17-18-29-23-12-13-24-20(19-23)11-14-26-25(24)15-16-27(30-26,21-7-3-1-4-8-21)22-9-5-2-6-10-22/h1-16,19,28H,17-18H2. The van der Waals surface area contributed by atoms with E-state index >= 15 is 0 Å². The van der Waals surface area contributed by atoms with Crippen molar-refractivity contribution >= 4 is 16.8 Å². The van der Waals surface area contributed by atoms with Crippen molar-refractivity contribution in [2.75, 3.05) is 13.2 Å². The SMILES string of the molecule is OCCOc1ccc2c3c(ccc2c1)OC(c1ccccc1)(c1ccccc1)C=C3. The average molecular weight is 394 g/mol. The molecule has 4 aromatic rings. The summed E-state index contributed by atoms with van der Waals surface area (Å²) < 4.78 is 12.3. The zero-order chi connectivity index (χ0) is 20.4. The van der Waals surface area contributed by atoms with E-state index in [4.69, 9.17) is 14.6 Å². The first-order chi connectivity index (χ1) is 14.8. The van der Waals surface area contributed by atoms with Crippen LogP contribution in [-0.4, -0.2) is 18.3 Å². The van der Waals surface area contributed by atoms with E-state index in [9.17, 15) is 0 Å². The summed E-state index contributed by atoms with van der Waals surface area (Å²) in [5, 5.41) is 11.2. The van der Waals surface area contributed by atoms with E-state index in [0.29, 0.717) is 0 Å². The van der Waals surface area contributed by atoms with Crippen LogP contribution >= 0.6 is 0 Å². The molecule has 0 amide bonds. The van der Waals surface area contributed by atoms with Gasteiger partial charge < -0.3 is 14.6 Å². The van der Waals surface area contributed by atoms with Crippen molar-refractivity contribution in [1.29, 1.82) is 0 Å². The molecule has 3 nitrogen and oxygen atoms in total. The minimum atomic E-state index is -0.673. The molecule has 0 aliphatic carbocycles. The molecule has 4 aromatic carbocycles. The van der Waals surface area contributed by atoms with E-state index in [1.165, 1.54) is 0 Å². The molecule has 0 fully saturated rings. The molecule has 0 saturated carbocycles. The summed E-state index contributed by atoms with van der Waals surface area (Å²) in [5.41, 5.74) is 2.56. The summed E-state index contributed by atoms with van der Waals surface area (Å²) in [6.45, 7) is 0.288. The first-order valence-electron chi connectivity index (χ1n) is 10.1. The Morgan fingerprint density at radius 1 is 0.800 bits per heavy atom. The molecule has 0 spiro atoms. The van der Waals surface area contributed by atoms with E-state index in [-0.39, 0.29) is 13.2 Å². The second-order valence-corrected chi connectivity index (χ2v) is 7.34. The van der Waals surface area contributed by atoms with Gasteiger partial charge in [-0.05, 0) is 47.2 Å². The van der Waals surface area contributed by atoms with Gasteiger partial charge in [0.25, 0.3) is 0 Å². The maximum atomic E-state index is 8.99. The van der Waals surface area contributed by atoms with E-state index in [1.54, 1.807) is 0 Å². The molecular formula is C27H22O3. The third kappa shape index (κ3) is 3.14. The Morgan fingerprint density at radius 3 is 2.17 bits per heavy atom. The summed E-state index contributed by atoms with van der Waals surface area (Å²) in [4.78, 5) is 0. The maximum Gasteiger partial charge on any atom is 0.178 e. The summed E-state index contributed by atoms with van der Waals surface area (Å²) >= 11 is 0. The molecule has 1 heterocycles. The molecule has 148 valence electrons. The third-order valence-electron chi connectivity index (χ3n) is 5.51. The fourth-order valence-corrected chi connectivity index (χ4v) is 4.08. The molecule has 0 aromatic heterocycles. The van der Waals surface area contributed by atoms with Crippen molar-refractivity contribution in [2.24, 2.45) is 0 Å². The molecule has 0 unspecified atom stereocenters. The monoisotopic (exact) mass is 394 g/mol. The Hall–Kier alpha value is -3.56. The number of rotatable bonds is 5. The zero-order valence-electron chi connectivity index (χ0n) is 16.5. The van der Waals surface area contributed by atoms with E-state index in [1.807, 2.05) is 60.7 Å². The normalized spacial score (nSPS) is 14.2. The lowest BCUT2D eigenvalue weighted by Gasteiger charge is -2.36. The van der Waals surface area contributed by atoms with E-state index < -0.39 is 5.60 Å². The molecule has 5 rings (SSSR count). The van der Waals surface area contributed by atoms with Crippen molar-refractivity contribution < 1.29 is 14.6 Å². The number of aliphatic hydroxyl groups is 1. The average Bonchev–Trinajstić information content (AvgIpc) is 2.83. The molecule has 0 atom stereocenters. The quantitative estimate of drug-likeness (QED) is 0.482. The molecule has 1 aliphatic heterocycles. The van der Waals surface area contributed by atoms with Crippen LogP contribution in [0.25, 0.3) is 16.8 Å².